The quantitative estimate of drug-likeness (QED) is 0.598. The van der Waals surface area contributed by atoms with Crippen LogP contribution in [0.3, 0.4) is 0 Å². The minimum atomic E-state index is -3.21. The van der Waals surface area contributed by atoms with Gasteiger partial charge in [-0.05, 0) is 81.7 Å². The second-order valence-corrected chi connectivity index (χ2v) is 11.5. The van der Waals surface area contributed by atoms with Gasteiger partial charge in [0.1, 0.15) is 5.60 Å². The second kappa shape index (κ2) is 7.05. The van der Waals surface area contributed by atoms with Gasteiger partial charge in [-0.1, -0.05) is 12.1 Å². The number of fused-ring (bicyclic) bond motifs is 1. The van der Waals surface area contributed by atoms with Crippen molar-refractivity contribution in [3.63, 3.8) is 0 Å². The summed E-state index contributed by atoms with van der Waals surface area (Å²) >= 11 is 0. The van der Waals surface area contributed by atoms with Crippen LogP contribution in [-0.2, 0) is 21.8 Å². The average molecular weight is 428 g/mol. The Bertz CT molecular complexity index is 1200. The Morgan fingerprint density at radius 1 is 1.07 bits per heavy atom. The normalized spacial score (nSPS) is 16.0. The van der Waals surface area contributed by atoms with E-state index >= 15 is 0 Å². The maximum absolute atomic E-state index is 11.9. The number of hydrogen-bond acceptors (Lipinski definition) is 4. The van der Waals surface area contributed by atoms with E-state index in [1.54, 1.807) is 18.2 Å². The molecule has 0 saturated heterocycles. The molecular formula is C24H29NO4S. The van der Waals surface area contributed by atoms with Gasteiger partial charge < -0.3 is 14.4 Å². The molecule has 1 fully saturated rings. The van der Waals surface area contributed by atoms with Gasteiger partial charge in [-0.15, -0.1) is 0 Å². The SMILES string of the molecule is CC(C)(C)Oc1cc(CCC2(n3cc4ccc(S(C)(=O)=O)cc4c3)CC2)ccc1O. The van der Waals surface area contributed by atoms with Gasteiger partial charge in [0.25, 0.3) is 0 Å². The second-order valence-electron chi connectivity index (χ2n) is 9.47. The van der Waals surface area contributed by atoms with E-state index in [4.69, 9.17) is 4.74 Å². The number of aryl methyl sites for hydroxylation is 1. The molecule has 5 nitrogen and oxygen atoms in total. The molecule has 3 aromatic rings. The summed E-state index contributed by atoms with van der Waals surface area (Å²) in [4.78, 5) is 0.355. The van der Waals surface area contributed by atoms with E-state index in [2.05, 4.69) is 17.0 Å². The van der Waals surface area contributed by atoms with Gasteiger partial charge in [-0.2, -0.15) is 0 Å². The molecule has 30 heavy (non-hydrogen) atoms. The zero-order valence-electron chi connectivity index (χ0n) is 18.0. The predicted octanol–water partition coefficient (Wildman–Crippen LogP) is 5.05. The summed E-state index contributed by atoms with van der Waals surface area (Å²) in [6, 6.07) is 10.9. The molecular weight excluding hydrogens is 398 g/mol. The number of ether oxygens (including phenoxy) is 1. The summed E-state index contributed by atoms with van der Waals surface area (Å²) in [7, 11) is -3.21. The Morgan fingerprint density at radius 2 is 1.77 bits per heavy atom. The minimum Gasteiger partial charge on any atom is -0.504 e. The van der Waals surface area contributed by atoms with Crippen LogP contribution in [0.4, 0.5) is 0 Å². The number of sulfone groups is 1. The van der Waals surface area contributed by atoms with E-state index in [1.165, 1.54) is 6.26 Å². The first-order valence-corrected chi connectivity index (χ1v) is 12.2. The lowest BCUT2D eigenvalue weighted by atomic mass is 10.0. The summed E-state index contributed by atoms with van der Waals surface area (Å²) in [6.07, 6.45) is 9.51. The fourth-order valence-corrected chi connectivity index (χ4v) is 4.56. The van der Waals surface area contributed by atoms with Gasteiger partial charge in [-0.3, -0.25) is 0 Å². The molecule has 1 aromatic heterocycles. The zero-order valence-corrected chi connectivity index (χ0v) is 18.8. The van der Waals surface area contributed by atoms with Crippen LogP contribution in [0.5, 0.6) is 11.5 Å². The topological polar surface area (TPSA) is 68.5 Å². The number of phenols is 1. The van der Waals surface area contributed by atoms with Crippen LogP contribution >= 0.6 is 0 Å². The van der Waals surface area contributed by atoms with E-state index in [-0.39, 0.29) is 16.9 Å². The molecule has 1 aliphatic rings. The summed E-state index contributed by atoms with van der Waals surface area (Å²) in [5, 5.41) is 12.1. The minimum absolute atomic E-state index is 0.0766. The molecule has 1 N–H and O–H groups in total. The molecule has 160 valence electrons. The van der Waals surface area contributed by atoms with Crippen molar-refractivity contribution in [1.82, 2.24) is 4.57 Å². The first kappa shape index (κ1) is 20.8. The fraction of sp³-hybridized carbons (Fsp3) is 0.417. The Morgan fingerprint density at radius 3 is 2.40 bits per heavy atom. The van der Waals surface area contributed by atoms with Crippen LogP contribution in [0.25, 0.3) is 10.8 Å². The van der Waals surface area contributed by atoms with Gasteiger partial charge in [-0.25, -0.2) is 8.42 Å². The molecule has 0 amide bonds. The molecule has 0 bridgehead atoms. The highest BCUT2D eigenvalue weighted by atomic mass is 32.2. The maximum Gasteiger partial charge on any atom is 0.175 e. The number of aromatic nitrogens is 1. The Kier molecular flexibility index (Phi) is 4.88. The molecule has 1 saturated carbocycles. The van der Waals surface area contributed by atoms with E-state index < -0.39 is 9.84 Å². The third-order valence-electron chi connectivity index (χ3n) is 5.74. The lowest BCUT2D eigenvalue weighted by Gasteiger charge is -2.23. The Hall–Kier alpha value is -2.47. The molecule has 0 unspecified atom stereocenters. The Labute approximate surface area is 178 Å². The summed E-state index contributed by atoms with van der Waals surface area (Å²) in [6.45, 7) is 5.89. The molecule has 2 aromatic carbocycles. The largest absolute Gasteiger partial charge is 0.504 e. The highest BCUT2D eigenvalue weighted by Gasteiger charge is 2.43. The standard InChI is InChI=1S/C24H29NO4S/c1-23(2,3)29-22-13-17(5-8-21(22)26)9-10-24(11-12-24)25-15-18-6-7-20(30(4,27)28)14-19(18)16-25/h5-8,13-16,26H,9-12H2,1-4H3. The molecule has 1 aliphatic carbocycles. The van der Waals surface area contributed by atoms with Crippen molar-refractivity contribution in [2.45, 2.75) is 62.5 Å². The average Bonchev–Trinajstić information content (AvgIpc) is 3.30. The van der Waals surface area contributed by atoms with E-state index in [0.717, 1.165) is 42.0 Å². The molecule has 0 aliphatic heterocycles. The van der Waals surface area contributed by atoms with Crippen molar-refractivity contribution in [3.05, 3.63) is 54.4 Å². The maximum atomic E-state index is 11.9. The van der Waals surface area contributed by atoms with Gasteiger partial charge in [0, 0.05) is 29.6 Å². The van der Waals surface area contributed by atoms with E-state index in [0.29, 0.717) is 10.6 Å². The van der Waals surface area contributed by atoms with Crippen molar-refractivity contribution >= 4 is 20.6 Å². The van der Waals surface area contributed by atoms with Crippen LogP contribution in [0.15, 0.2) is 53.7 Å². The van der Waals surface area contributed by atoms with Gasteiger partial charge in [0.05, 0.1) is 4.90 Å². The molecule has 1 heterocycles. The van der Waals surface area contributed by atoms with Crippen LogP contribution in [0.1, 0.15) is 45.6 Å². The number of benzene rings is 2. The Balaban J connectivity index is 1.54. The highest BCUT2D eigenvalue weighted by Crippen LogP contribution is 2.48. The molecule has 4 rings (SSSR count). The molecule has 0 atom stereocenters. The predicted molar refractivity (Wildman–Crippen MR) is 119 cm³/mol. The van der Waals surface area contributed by atoms with Gasteiger partial charge in [0.15, 0.2) is 21.3 Å². The highest BCUT2D eigenvalue weighted by molar-refractivity contribution is 7.90. The number of rotatable bonds is 6. The van der Waals surface area contributed by atoms with Crippen molar-refractivity contribution in [1.29, 1.82) is 0 Å². The van der Waals surface area contributed by atoms with E-state index in [1.807, 2.05) is 39.0 Å². The van der Waals surface area contributed by atoms with Crippen molar-refractivity contribution < 1.29 is 18.3 Å². The number of nitrogens with zero attached hydrogens (tertiary/aromatic N) is 1. The van der Waals surface area contributed by atoms with Crippen LogP contribution in [0.2, 0.25) is 0 Å². The third kappa shape index (κ3) is 4.33. The summed E-state index contributed by atoms with van der Waals surface area (Å²) < 4.78 is 31.9. The number of aromatic hydroxyl groups is 1. The van der Waals surface area contributed by atoms with Crippen molar-refractivity contribution in [2.75, 3.05) is 6.26 Å². The smallest absolute Gasteiger partial charge is 0.175 e. The third-order valence-corrected chi connectivity index (χ3v) is 6.85. The lowest BCUT2D eigenvalue weighted by Crippen LogP contribution is -2.23. The molecule has 0 spiro atoms. The molecule has 6 heteroatoms. The number of phenolic OH excluding ortho intramolecular Hbond substituents is 1. The number of hydrogen-bond donors (Lipinski definition) is 1. The van der Waals surface area contributed by atoms with E-state index in [9.17, 15) is 13.5 Å². The van der Waals surface area contributed by atoms with Crippen molar-refractivity contribution in [2.24, 2.45) is 0 Å². The van der Waals surface area contributed by atoms with Crippen molar-refractivity contribution in [3.8, 4) is 11.5 Å². The summed E-state index contributed by atoms with van der Waals surface area (Å²) in [5.41, 5.74) is 0.839. The van der Waals surface area contributed by atoms with Gasteiger partial charge >= 0.3 is 0 Å². The van der Waals surface area contributed by atoms with Gasteiger partial charge in [0.2, 0.25) is 0 Å². The van der Waals surface area contributed by atoms with Crippen LogP contribution < -0.4 is 4.74 Å². The fourth-order valence-electron chi connectivity index (χ4n) is 3.91. The first-order chi connectivity index (χ1) is 14.0. The van der Waals surface area contributed by atoms with Crippen LogP contribution in [-0.4, -0.2) is 29.9 Å². The first-order valence-electron chi connectivity index (χ1n) is 10.3. The zero-order chi connectivity index (χ0) is 21.7. The summed E-state index contributed by atoms with van der Waals surface area (Å²) in [5.74, 6) is 0.679. The van der Waals surface area contributed by atoms with Crippen LogP contribution in [0, 0.1) is 0 Å². The monoisotopic (exact) mass is 427 g/mol. The lowest BCUT2D eigenvalue weighted by molar-refractivity contribution is 0.125. The molecule has 0 radical (unpaired) electrons.